The molecule has 0 bridgehead atoms. The highest BCUT2D eigenvalue weighted by atomic mass is 32.2. The van der Waals surface area contributed by atoms with E-state index in [0.717, 1.165) is 35.6 Å². The van der Waals surface area contributed by atoms with Crippen LogP contribution in [0, 0.1) is 5.13 Å². The van der Waals surface area contributed by atoms with Crippen molar-refractivity contribution < 1.29 is 27.2 Å². The molecule has 180 valence electrons. The Kier molecular flexibility index (Phi) is 5.73. The fourth-order valence-electron chi connectivity index (χ4n) is 3.57. The fraction of sp³-hybridized carbons (Fsp3) is 0.182. The van der Waals surface area contributed by atoms with Gasteiger partial charge in [0.2, 0.25) is 5.91 Å². The minimum absolute atomic E-state index is 0.0342. The SMILES string of the molecule is O=C(Nc1ccc(N2C(=O)Cc3cc(NC4CC4)ccc3C2=O)nc1)NS(=O)(=O)c1ccc(F)s1. The summed E-state index contributed by atoms with van der Waals surface area (Å²) in [4.78, 5) is 42.9. The monoisotopic (exact) mass is 515 g/mol. The highest BCUT2D eigenvalue weighted by molar-refractivity contribution is 7.92. The fourth-order valence-corrected chi connectivity index (χ4v) is 5.48. The Morgan fingerprint density at radius 1 is 1.09 bits per heavy atom. The Labute approximate surface area is 203 Å². The van der Waals surface area contributed by atoms with Crippen LogP contribution in [0.5, 0.6) is 0 Å². The molecule has 3 aromatic rings. The van der Waals surface area contributed by atoms with Crippen molar-refractivity contribution in [3.8, 4) is 0 Å². The van der Waals surface area contributed by atoms with Crippen LogP contribution in [-0.4, -0.2) is 37.3 Å². The number of aromatic nitrogens is 1. The van der Waals surface area contributed by atoms with E-state index in [-0.39, 0.29) is 22.1 Å². The summed E-state index contributed by atoms with van der Waals surface area (Å²) in [5, 5.41) is 4.93. The number of nitrogens with one attached hydrogen (secondary N) is 3. The van der Waals surface area contributed by atoms with Crippen molar-refractivity contribution >= 4 is 56.4 Å². The molecule has 35 heavy (non-hydrogen) atoms. The van der Waals surface area contributed by atoms with Crippen LogP contribution in [0.15, 0.2) is 52.9 Å². The first-order valence-electron chi connectivity index (χ1n) is 10.5. The molecule has 0 spiro atoms. The number of hydrogen-bond acceptors (Lipinski definition) is 8. The van der Waals surface area contributed by atoms with Crippen LogP contribution in [0.2, 0.25) is 0 Å². The molecule has 2 aliphatic rings. The van der Waals surface area contributed by atoms with Crippen molar-refractivity contribution in [1.82, 2.24) is 9.71 Å². The van der Waals surface area contributed by atoms with E-state index in [0.29, 0.717) is 28.5 Å². The van der Waals surface area contributed by atoms with Crippen LogP contribution in [0.4, 0.5) is 26.4 Å². The van der Waals surface area contributed by atoms with E-state index in [1.807, 2.05) is 6.07 Å². The largest absolute Gasteiger partial charge is 0.382 e. The number of benzene rings is 1. The van der Waals surface area contributed by atoms with Gasteiger partial charge in [-0.05, 0) is 60.9 Å². The molecule has 1 aliphatic carbocycles. The van der Waals surface area contributed by atoms with E-state index in [9.17, 15) is 27.2 Å². The standard InChI is InChI=1S/C22H18FN5O5S2/c23-17-6-8-20(34-17)35(32,33)27-22(31)26-15-4-7-18(24-11-15)28-19(29)10-12-9-14(25-13-1-2-13)3-5-16(12)21(28)30/h3-9,11,13,25H,1-2,10H2,(H2,26,27,31). The number of urea groups is 1. The van der Waals surface area contributed by atoms with Gasteiger partial charge >= 0.3 is 6.03 Å². The molecule has 2 aromatic heterocycles. The molecule has 0 radical (unpaired) electrons. The van der Waals surface area contributed by atoms with Crippen molar-refractivity contribution in [2.75, 3.05) is 15.5 Å². The van der Waals surface area contributed by atoms with E-state index in [1.165, 1.54) is 18.3 Å². The summed E-state index contributed by atoms with van der Waals surface area (Å²) in [5.41, 5.74) is 2.04. The number of sulfonamides is 1. The highest BCUT2D eigenvalue weighted by Crippen LogP contribution is 2.30. The van der Waals surface area contributed by atoms with Crippen LogP contribution in [0.25, 0.3) is 0 Å². The number of thiophene rings is 1. The van der Waals surface area contributed by atoms with Gasteiger partial charge in [-0.3, -0.25) is 9.59 Å². The molecular formula is C22H18FN5O5S2. The predicted molar refractivity (Wildman–Crippen MR) is 126 cm³/mol. The van der Waals surface area contributed by atoms with E-state index >= 15 is 0 Å². The van der Waals surface area contributed by atoms with Crippen LogP contribution in [0.1, 0.15) is 28.8 Å². The first-order valence-corrected chi connectivity index (χ1v) is 12.8. The maximum atomic E-state index is 13.1. The maximum absolute atomic E-state index is 13.1. The third-order valence-corrected chi connectivity index (χ3v) is 8.05. The molecule has 0 atom stereocenters. The molecule has 0 saturated heterocycles. The molecule has 13 heteroatoms. The summed E-state index contributed by atoms with van der Waals surface area (Å²) >= 11 is 0.380. The second-order valence-electron chi connectivity index (χ2n) is 8.02. The number of pyridine rings is 1. The van der Waals surface area contributed by atoms with E-state index in [4.69, 9.17) is 0 Å². The van der Waals surface area contributed by atoms with Gasteiger partial charge in [-0.25, -0.2) is 27.8 Å². The van der Waals surface area contributed by atoms with E-state index in [2.05, 4.69) is 15.6 Å². The zero-order valence-electron chi connectivity index (χ0n) is 17.9. The first-order chi connectivity index (χ1) is 16.7. The van der Waals surface area contributed by atoms with Gasteiger partial charge in [0, 0.05) is 17.3 Å². The van der Waals surface area contributed by atoms with Gasteiger partial charge in [0.15, 0.2) is 5.13 Å². The van der Waals surface area contributed by atoms with Crippen molar-refractivity contribution in [1.29, 1.82) is 0 Å². The zero-order chi connectivity index (χ0) is 24.7. The number of carbonyl (C=O) groups excluding carboxylic acids is 3. The first kappa shape index (κ1) is 22.9. The second-order valence-corrected chi connectivity index (χ2v) is 11.0. The molecule has 1 aliphatic heterocycles. The Morgan fingerprint density at radius 2 is 1.86 bits per heavy atom. The lowest BCUT2D eigenvalue weighted by atomic mass is 9.97. The number of nitrogens with zero attached hydrogens (tertiary/aromatic N) is 2. The van der Waals surface area contributed by atoms with Gasteiger partial charge in [-0.2, -0.15) is 4.39 Å². The molecule has 4 amide bonds. The predicted octanol–water partition coefficient (Wildman–Crippen LogP) is 3.10. The molecule has 1 saturated carbocycles. The van der Waals surface area contributed by atoms with Gasteiger partial charge in [-0.15, -0.1) is 0 Å². The minimum atomic E-state index is -4.24. The van der Waals surface area contributed by atoms with Crippen LogP contribution in [0.3, 0.4) is 0 Å². The highest BCUT2D eigenvalue weighted by Gasteiger charge is 2.33. The van der Waals surface area contributed by atoms with Gasteiger partial charge in [0.25, 0.3) is 15.9 Å². The van der Waals surface area contributed by atoms with E-state index < -0.39 is 33.0 Å². The van der Waals surface area contributed by atoms with Crippen LogP contribution < -0.4 is 20.3 Å². The molecule has 5 rings (SSSR count). The van der Waals surface area contributed by atoms with Crippen molar-refractivity contribution in [3.05, 3.63) is 64.9 Å². The molecular weight excluding hydrogens is 497 g/mol. The van der Waals surface area contributed by atoms with Crippen molar-refractivity contribution in [2.45, 2.75) is 29.5 Å². The van der Waals surface area contributed by atoms with E-state index in [1.54, 1.807) is 16.9 Å². The summed E-state index contributed by atoms with van der Waals surface area (Å²) in [5.74, 6) is -0.876. The molecule has 3 heterocycles. The average molecular weight is 516 g/mol. The number of imide groups is 1. The second kappa shape index (κ2) is 8.74. The summed E-state index contributed by atoms with van der Waals surface area (Å²) < 4.78 is 38.8. The summed E-state index contributed by atoms with van der Waals surface area (Å²) in [6, 6.07) is 9.42. The number of anilines is 3. The Hall–Kier alpha value is -3.84. The topological polar surface area (TPSA) is 138 Å². The molecule has 0 unspecified atom stereocenters. The summed E-state index contributed by atoms with van der Waals surface area (Å²) in [6.07, 6.45) is 3.42. The third kappa shape index (κ3) is 4.86. The van der Waals surface area contributed by atoms with Gasteiger partial charge in [0.05, 0.1) is 18.3 Å². The van der Waals surface area contributed by atoms with Gasteiger partial charge in [0.1, 0.15) is 10.0 Å². The summed E-state index contributed by atoms with van der Waals surface area (Å²) in [6.45, 7) is 0. The maximum Gasteiger partial charge on any atom is 0.333 e. The lowest BCUT2D eigenvalue weighted by molar-refractivity contribution is -0.117. The Balaban J connectivity index is 1.27. The smallest absolute Gasteiger partial charge is 0.333 e. The zero-order valence-corrected chi connectivity index (χ0v) is 19.6. The molecule has 10 nitrogen and oxygen atoms in total. The van der Waals surface area contributed by atoms with Crippen molar-refractivity contribution in [3.63, 3.8) is 0 Å². The Bertz CT molecular complexity index is 1450. The number of hydrogen-bond donors (Lipinski definition) is 3. The minimum Gasteiger partial charge on any atom is -0.382 e. The number of halogens is 1. The Morgan fingerprint density at radius 3 is 2.51 bits per heavy atom. The average Bonchev–Trinajstić information content (AvgIpc) is 3.49. The quantitative estimate of drug-likeness (QED) is 0.429. The number of amides is 4. The molecule has 3 N–H and O–H groups in total. The number of rotatable bonds is 6. The van der Waals surface area contributed by atoms with Crippen molar-refractivity contribution in [2.24, 2.45) is 0 Å². The molecule has 1 fully saturated rings. The van der Waals surface area contributed by atoms with Crippen LogP contribution >= 0.6 is 11.3 Å². The van der Waals surface area contributed by atoms with Gasteiger partial charge < -0.3 is 10.6 Å². The number of carbonyl (C=O) groups is 3. The van der Waals surface area contributed by atoms with Gasteiger partial charge in [-0.1, -0.05) is 11.3 Å². The lowest BCUT2D eigenvalue weighted by Crippen LogP contribution is -2.43. The normalized spacial score (nSPS) is 15.5. The number of fused-ring (bicyclic) bond motifs is 1. The molecule has 1 aromatic carbocycles. The third-order valence-electron chi connectivity index (χ3n) is 5.35. The van der Waals surface area contributed by atoms with Crippen LogP contribution in [-0.2, 0) is 21.2 Å². The summed E-state index contributed by atoms with van der Waals surface area (Å²) in [7, 11) is -4.24. The lowest BCUT2D eigenvalue weighted by Gasteiger charge is -2.26.